The number of carbonyl (C=O) groups excluding carboxylic acids is 2. The summed E-state index contributed by atoms with van der Waals surface area (Å²) in [4.78, 5) is 33.1. The van der Waals surface area contributed by atoms with Crippen molar-refractivity contribution in [1.82, 2.24) is 20.8 Å². The fourth-order valence-corrected chi connectivity index (χ4v) is 4.93. The van der Waals surface area contributed by atoms with Crippen LogP contribution < -0.4 is 10.9 Å². The minimum atomic E-state index is -0.522. The molecule has 0 spiro atoms. The van der Waals surface area contributed by atoms with Gasteiger partial charge in [0.2, 0.25) is 5.91 Å². The zero-order valence-corrected chi connectivity index (χ0v) is 21.7. The summed E-state index contributed by atoms with van der Waals surface area (Å²) in [5.41, 5.74) is 9.65. The van der Waals surface area contributed by atoms with E-state index >= 15 is 0 Å². The van der Waals surface area contributed by atoms with Gasteiger partial charge in [-0.15, -0.1) is 0 Å². The Hall–Kier alpha value is -3.58. The lowest BCUT2D eigenvalue weighted by Crippen LogP contribution is -2.41. The number of nitrogens with zero attached hydrogens (tertiary/aromatic N) is 1. The fraction of sp³-hybridized carbons (Fsp3) is 0.107. The van der Waals surface area contributed by atoms with Gasteiger partial charge in [-0.25, -0.2) is 4.98 Å². The maximum absolute atomic E-state index is 12.4. The van der Waals surface area contributed by atoms with Gasteiger partial charge in [-0.2, -0.15) is 0 Å². The maximum Gasteiger partial charge on any atom is 0.271 e. The van der Waals surface area contributed by atoms with Gasteiger partial charge in [0.25, 0.3) is 5.91 Å². The van der Waals surface area contributed by atoms with Crippen LogP contribution in [0.25, 0.3) is 33.2 Å². The van der Waals surface area contributed by atoms with Crippen LogP contribution in [0.3, 0.4) is 0 Å². The van der Waals surface area contributed by atoms with Crippen LogP contribution in [-0.4, -0.2) is 21.8 Å². The summed E-state index contributed by atoms with van der Waals surface area (Å²) >= 11 is 18.2. The summed E-state index contributed by atoms with van der Waals surface area (Å²) in [5.74, 6) is -0.840. The molecule has 0 radical (unpaired) electrons. The van der Waals surface area contributed by atoms with Crippen LogP contribution in [-0.2, 0) is 11.2 Å². The highest BCUT2D eigenvalue weighted by Gasteiger charge is 2.16. The Morgan fingerprint density at radius 1 is 0.865 bits per heavy atom. The number of H-pyrrole nitrogens is 1. The third-order valence-electron chi connectivity index (χ3n) is 6.04. The molecule has 2 heterocycles. The molecule has 3 aromatic carbocycles. The number of halogens is 3. The SMILES string of the molecule is O=C(CCCc1c(-c2ccc3ccccc3n2)[nH]c2ccc(Cl)cc12)NNC(=O)c1ccc(Cl)cc1Cl. The van der Waals surface area contributed by atoms with E-state index in [-0.39, 0.29) is 22.9 Å². The third-order valence-corrected chi connectivity index (χ3v) is 6.83. The number of pyridine rings is 1. The van der Waals surface area contributed by atoms with Crippen molar-refractivity contribution in [3.63, 3.8) is 0 Å². The molecule has 0 aliphatic carbocycles. The van der Waals surface area contributed by atoms with Gasteiger partial charge >= 0.3 is 0 Å². The van der Waals surface area contributed by atoms with Crippen molar-refractivity contribution in [3.05, 3.63) is 99.0 Å². The quantitative estimate of drug-likeness (QED) is 0.196. The topological polar surface area (TPSA) is 86.9 Å². The van der Waals surface area contributed by atoms with Crippen molar-refractivity contribution in [3.8, 4) is 11.4 Å². The molecule has 0 aliphatic rings. The van der Waals surface area contributed by atoms with Gasteiger partial charge in [0.05, 0.1) is 27.5 Å². The normalized spacial score (nSPS) is 11.1. The lowest BCUT2D eigenvalue weighted by atomic mass is 10.0. The monoisotopic (exact) mass is 550 g/mol. The number of para-hydroxylation sites is 1. The summed E-state index contributed by atoms with van der Waals surface area (Å²) in [6, 6.07) is 22.2. The van der Waals surface area contributed by atoms with Gasteiger partial charge in [0.1, 0.15) is 0 Å². The Labute approximate surface area is 227 Å². The number of hydrogen-bond donors (Lipinski definition) is 3. The first-order valence-electron chi connectivity index (χ1n) is 11.6. The summed E-state index contributed by atoms with van der Waals surface area (Å²) in [7, 11) is 0. The van der Waals surface area contributed by atoms with E-state index in [1.54, 1.807) is 6.07 Å². The molecule has 0 saturated carbocycles. The van der Waals surface area contributed by atoms with Gasteiger partial charge in [0.15, 0.2) is 0 Å². The van der Waals surface area contributed by atoms with Gasteiger partial charge in [-0.05, 0) is 66.9 Å². The number of hydrazine groups is 1. The average molecular weight is 552 g/mol. The molecule has 6 nitrogen and oxygen atoms in total. The van der Waals surface area contributed by atoms with Gasteiger partial charge in [0, 0.05) is 32.8 Å². The highest BCUT2D eigenvalue weighted by atomic mass is 35.5. The lowest BCUT2D eigenvalue weighted by molar-refractivity contribution is -0.121. The number of aromatic amines is 1. The van der Waals surface area contributed by atoms with Crippen molar-refractivity contribution in [2.45, 2.75) is 19.3 Å². The molecule has 2 amide bonds. The second kappa shape index (κ2) is 10.8. The van der Waals surface area contributed by atoms with Crippen LogP contribution in [0.4, 0.5) is 0 Å². The first-order chi connectivity index (χ1) is 17.9. The van der Waals surface area contributed by atoms with Crippen LogP contribution >= 0.6 is 34.8 Å². The smallest absolute Gasteiger partial charge is 0.271 e. The number of fused-ring (bicyclic) bond motifs is 2. The van der Waals surface area contributed by atoms with Crippen molar-refractivity contribution in [1.29, 1.82) is 0 Å². The molecular weight excluding hydrogens is 531 g/mol. The van der Waals surface area contributed by atoms with E-state index < -0.39 is 5.91 Å². The largest absolute Gasteiger partial charge is 0.353 e. The Kier molecular flexibility index (Phi) is 7.33. The fourth-order valence-electron chi connectivity index (χ4n) is 4.26. The minimum Gasteiger partial charge on any atom is -0.353 e. The van der Waals surface area contributed by atoms with E-state index in [4.69, 9.17) is 39.8 Å². The summed E-state index contributed by atoms with van der Waals surface area (Å²) in [6.45, 7) is 0. The number of benzene rings is 3. The van der Waals surface area contributed by atoms with Gasteiger partial charge < -0.3 is 4.98 Å². The van der Waals surface area contributed by atoms with Crippen molar-refractivity contribution < 1.29 is 9.59 Å². The number of hydrogen-bond acceptors (Lipinski definition) is 3. The Balaban J connectivity index is 1.30. The van der Waals surface area contributed by atoms with E-state index in [0.29, 0.717) is 22.9 Å². The first-order valence-corrected chi connectivity index (χ1v) is 12.7. The molecule has 0 unspecified atom stereocenters. The number of rotatable bonds is 6. The van der Waals surface area contributed by atoms with Crippen LogP contribution in [0, 0.1) is 0 Å². The second-order valence-corrected chi connectivity index (χ2v) is 9.82. The van der Waals surface area contributed by atoms with Crippen LogP contribution in [0.1, 0.15) is 28.8 Å². The lowest BCUT2D eigenvalue weighted by Gasteiger charge is -2.09. The molecule has 0 aliphatic heterocycles. The molecule has 5 aromatic rings. The predicted octanol–water partition coefficient (Wildman–Crippen LogP) is 7.13. The summed E-state index contributed by atoms with van der Waals surface area (Å²) < 4.78 is 0. The van der Waals surface area contributed by atoms with Crippen LogP contribution in [0.15, 0.2) is 72.8 Å². The number of amides is 2. The third kappa shape index (κ3) is 5.57. The summed E-state index contributed by atoms with van der Waals surface area (Å²) in [6.07, 6.45) is 1.35. The molecular formula is C28H21Cl3N4O2. The molecule has 9 heteroatoms. The van der Waals surface area contributed by atoms with E-state index in [9.17, 15) is 9.59 Å². The number of carbonyl (C=O) groups is 2. The molecule has 2 aromatic heterocycles. The van der Waals surface area contributed by atoms with Crippen LogP contribution in [0.5, 0.6) is 0 Å². The molecule has 0 atom stereocenters. The zero-order valence-electron chi connectivity index (χ0n) is 19.4. The molecule has 0 bridgehead atoms. The number of aromatic nitrogens is 2. The van der Waals surface area contributed by atoms with Crippen molar-refractivity contribution >= 4 is 68.4 Å². The average Bonchev–Trinajstić information content (AvgIpc) is 3.24. The second-order valence-electron chi connectivity index (χ2n) is 8.54. The van der Waals surface area contributed by atoms with Gasteiger partial charge in [-0.1, -0.05) is 59.1 Å². The molecule has 5 rings (SSSR count). The highest BCUT2D eigenvalue weighted by Crippen LogP contribution is 2.33. The number of aryl methyl sites for hydroxylation is 1. The predicted molar refractivity (Wildman–Crippen MR) is 149 cm³/mol. The van der Waals surface area contributed by atoms with E-state index in [2.05, 4.69) is 15.8 Å². The van der Waals surface area contributed by atoms with Crippen LogP contribution in [0.2, 0.25) is 15.1 Å². The Morgan fingerprint density at radius 2 is 1.65 bits per heavy atom. The molecule has 0 saturated heterocycles. The van der Waals surface area contributed by atoms with Crippen molar-refractivity contribution in [2.75, 3.05) is 0 Å². The summed E-state index contributed by atoms with van der Waals surface area (Å²) in [5, 5.41) is 3.30. The Bertz CT molecular complexity index is 1650. The van der Waals surface area contributed by atoms with E-state index in [0.717, 1.165) is 38.8 Å². The highest BCUT2D eigenvalue weighted by molar-refractivity contribution is 6.36. The molecule has 0 fully saturated rings. The van der Waals surface area contributed by atoms with Crippen molar-refractivity contribution in [2.24, 2.45) is 0 Å². The molecule has 37 heavy (non-hydrogen) atoms. The molecule has 3 N–H and O–H groups in total. The number of nitrogens with one attached hydrogen (secondary N) is 3. The maximum atomic E-state index is 12.4. The zero-order chi connectivity index (χ0) is 25.9. The standard InChI is InChI=1S/C28H21Cl3N4O2/c29-17-10-13-24-21(14-17)19(27(33-24)25-12-8-16-4-1-2-6-23(16)32-25)5-3-7-26(36)34-35-28(37)20-11-9-18(30)15-22(20)31/h1-2,4,6,8-15,33H,3,5,7H2,(H,34,36)(H,35,37). The first kappa shape index (κ1) is 25.1. The molecule has 186 valence electrons. The van der Waals surface area contributed by atoms with Gasteiger partial charge in [-0.3, -0.25) is 20.4 Å². The Morgan fingerprint density at radius 3 is 2.49 bits per heavy atom. The van der Waals surface area contributed by atoms with E-state index in [1.165, 1.54) is 12.1 Å². The van der Waals surface area contributed by atoms with E-state index in [1.807, 2.05) is 54.6 Å². The minimum absolute atomic E-state index is 0.201.